The molecule has 0 bridgehead atoms. The molecule has 22 nitrogen and oxygen atoms in total. The lowest BCUT2D eigenvalue weighted by Crippen LogP contribution is -2.55. The third kappa shape index (κ3) is 17.4. The van der Waals surface area contributed by atoms with E-state index in [1.807, 2.05) is 11.8 Å². The van der Waals surface area contributed by atoms with Gasteiger partial charge in [0.1, 0.15) is 11.5 Å². The molecule has 1 amide bonds. The second-order valence-electron chi connectivity index (χ2n) is 18.7. The van der Waals surface area contributed by atoms with E-state index in [1.165, 1.54) is 35.2 Å². The van der Waals surface area contributed by atoms with Crippen LogP contribution in [0.2, 0.25) is 0 Å². The lowest BCUT2D eigenvalue weighted by atomic mass is 9.98. The van der Waals surface area contributed by atoms with Gasteiger partial charge in [-0.3, -0.25) is 25.0 Å². The lowest BCUT2D eigenvalue weighted by molar-refractivity contribution is -0.388. The van der Waals surface area contributed by atoms with Crippen LogP contribution in [-0.2, 0) is 51.7 Å². The highest BCUT2D eigenvalue weighted by atomic mass is 32.2. The summed E-state index contributed by atoms with van der Waals surface area (Å²) < 4.78 is 139. The summed E-state index contributed by atoms with van der Waals surface area (Å²) in [7, 11) is -9.78. The average molecular weight is 1200 g/mol. The van der Waals surface area contributed by atoms with Crippen molar-refractivity contribution in [3.05, 3.63) is 146 Å². The number of hydrogen-bond donors (Lipinski definition) is 1. The van der Waals surface area contributed by atoms with Gasteiger partial charge < -0.3 is 44.0 Å². The summed E-state index contributed by atoms with van der Waals surface area (Å²) in [4.78, 5) is 39.1. The van der Waals surface area contributed by atoms with Gasteiger partial charge in [-0.05, 0) is 86.3 Å². The molecule has 6 rings (SSSR count). The van der Waals surface area contributed by atoms with Crippen molar-refractivity contribution in [3.63, 3.8) is 0 Å². The van der Waals surface area contributed by atoms with Crippen molar-refractivity contribution in [3.8, 4) is 22.6 Å². The number of nitro benzene ring substituents is 2. The number of rotatable bonds is 34. The summed E-state index contributed by atoms with van der Waals surface area (Å²) in [5.74, 6) is -0.424. The van der Waals surface area contributed by atoms with Gasteiger partial charge in [0.15, 0.2) is 9.79 Å². The molecule has 1 unspecified atom stereocenters. The average Bonchev–Trinajstić information content (AvgIpc) is 3.14. The fourth-order valence-corrected chi connectivity index (χ4v) is 12.6. The molecule has 1 saturated heterocycles. The Kier molecular flexibility index (Phi) is 24.5. The van der Waals surface area contributed by atoms with Crippen molar-refractivity contribution in [2.75, 3.05) is 117 Å². The summed E-state index contributed by atoms with van der Waals surface area (Å²) in [5.41, 5.74) is 4.10. The van der Waals surface area contributed by atoms with Crippen LogP contribution in [0.15, 0.2) is 119 Å². The standard InChI is InChI=1S/C56H70F3N7O15S2/c1-4-44-41-61(55(67)47-22-21-45(80-5-2)39-48(47)56(57,58)59)26-29-64(44)49-23-20-42(46-14-7-10-17-52(46)81-6-3)38-43(49)40-63(83(74,75)54-19-12-9-16-51(54)66(70)71)28-27-62(82(72,73)53-18-11-8-15-50(53)65(68)69)25-13-30-76-32-34-78-36-37-79-35-33-77-31-24-60/h7-12,14-23,38-39,44H,4-6,13,24-37,40-41,60H2,1-3H3. The fraction of sp³-hybridized carbons (Fsp3) is 0.446. The highest BCUT2D eigenvalue weighted by Crippen LogP contribution is 2.39. The fourth-order valence-electron chi connectivity index (χ4n) is 9.39. The molecule has 0 saturated carbocycles. The molecule has 452 valence electrons. The molecule has 1 aliphatic rings. The number of sulfonamides is 2. The van der Waals surface area contributed by atoms with E-state index in [4.69, 9.17) is 34.2 Å². The first-order valence-corrected chi connectivity index (χ1v) is 29.9. The molecule has 27 heteroatoms. The van der Waals surface area contributed by atoms with Crippen LogP contribution in [0.25, 0.3) is 11.1 Å². The monoisotopic (exact) mass is 1200 g/mol. The van der Waals surface area contributed by atoms with Crippen molar-refractivity contribution >= 4 is 43.0 Å². The van der Waals surface area contributed by atoms with Crippen molar-refractivity contribution < 1.29 is 73.1 Å². The topological polar surface area (TPSA) is 266 Å². The number of carbonyl (C=O) groups is 1. The highest BCUT2D eigenvalue weighted by molar-refractivity contribution is 7.89. The third-order valence-electron chi connectivity index (χ3n) is 13.3. The number of benzene rings is 5. The Hall–Kier alpha value is -6.82. The largest absolute Gasteiger partial charge is 0.494 e. The van der Waals surface area contributed by atoms with Gasteiger partial charge in [0.2, 0.25) is 20.0 Å². The van der Waals surface area contributed by atoms with Crippen LogP contribution in [0.5, 0.6) is 11.5 Å². The first kappa shape index (κ1) is 65.3. The summed E-state index contributed by atoms with van der Waals surface area (Å²) >= 11 is 0. The minimum absolute atomic E-state index is 0.0139. The second-order valence-corrected chi connectivity index (χ2v) is 22.5. The minimum Gasteiger partial charge on any atom is -0.494 e. The summed E-state index contributed by atoms with van der Waals surface area (Å²) in [5, 5.41) is 24.8. The number of piperazine rings is 1. The van der Waals surface area contributed by atoms with Crippen LogP contribution in [0.3, 0.4) is 0 Å². The van der Waals surface area contributed by atoms with Gasteiger partial charge in [0.05, 0.1) is 80.4 Å². The number of nitrogens with two attached hydrogens (primary N) is 1. The molecule has 0 aromatic heterocycles. The van der Waals surface area contributed by atoms with Crippen molar-refractivity contribution in [1.29, 1.82) is 0 Å². The Morgan fingerprint density at radius 2 is 1.23 bits per heavy atom. The number of para-hydroxylation sites is 3. The van der Waals surface area contributed by atoms with E-state index >= 15 is 8.42 Å². The smallest absolute Gasteiger partial charge is 0.417 e. The number of nitrogens with zero attached hydrogens (tertiary/aromatic N) is 6. The van der Waals surface area contributed by atoms with E-state index in [1.54, 1.807) is 56.3 Å². The molecule has 5 aromatic carbocycles. The molecule has 83 heavy (non-hydrogen) atoms. The van der Waals surface area contributed by atoms with Crippen LogP contribution in [-0.4, -0.2) is 164 Å². The molecule has 1 aliphatic heterocycles. The SMILES string of the molecule is CCOc1ccc(C(=O)N2CCN(c3ccc(-c4ccccc4OCC)cc3CN(CCN(CCCOCCOCCOCCOCCN)S(=O)(=O)c3ccccc3[N+](=O)[O-])S(=O)(=O)c3ccccc3[N+](=O)[O-])C(CC)C2)c(C(F)(F)F)c1. The predicted molar refractivity (Wildman–Crippen MR) is 302 cm³/mol. The van der Waals surface area contributed by atoms with Gasteiger partial charge in [0.25, 0.3) is 17.3 Å². The Balaban J connectivity index is 1.37. The lowest BCUT2D eigenvalue weighted by Gasteiger charge is -2.44. The molecule has 2 N–H and O–H groups in total. The molecule has 1 heterocycles. The first-order valence-electron chi connectivity index (χ1n) is 27.0. The van der Waals surface area contributed by atoms with Crippen LogP contribution in [0.4, 0.5) is 30.2 Å². The number of alkyl halides is 3. The molecule has 1 fully saturated rings. The van der Waals surface area contributed by atoms with E-state index in [-0.39, 0.29) is 71.4 Å². The van der Waals surface area contributed by atoms with Crippen LogP contribution >= 0.6 is 0 Å². The van der Waals surface area contributed by atoms with Gasteiger partial charge in [-0.15, -0.1) is 0 Å². The number of amides is 1. The van der Waals surface area contributed by atoms with Gasteiger partial charge >= 0.3 is 6.18 Å². The zero-order valence-electron chi connectivity index (χ0n) is 46.4. The van der Waals surface area contributed by atoms with Crippen molar-refractivity contribution in [1.82, 2.24) is 13.5 Å². The van der Waals surface area contributed by atoms with E-state index in [2.05, 4.69) is 0 Å². The predicted octanol–water partition coefficient (Wildman–Crippen LogP) is 8.02. The molecule has 0 aliphatic carbocycles. The zero-order chi connectivity index (χ0) is 60.2. The first-order chi connectivity index (χ1) is 39.8. The number of ether oxygens (including phenoxy) is 6. The summed E-state index contributed by atoms with van der Waals surface area (Å²) in [6, 6.07) is 24.3. The summed E-state index contributed by atoms with van der Waals surface area (Å²) in [6.45, 7) is 5.79. The van der Waals surface area contributed by atoms with Gasteiger partial charge in [0, 0.05) is 88.4 Å². The number of hydrogen-bond acceptors (Lipinski definition) is 17. The van der Waals surface area contributed by atoms with E-state index in [0.717, 1.165) is 45.0 Å². The molecular weight excluding hydrogens is 1130 g/mol. The molecular formula is C56H70F3N7O15S2. The van der Waals surface area contributed by atoms with Crippen LogP contribution in [0.1, 0.15) is 55.1 Å². The number of anilines is 1. The third-order valence-corrected chi connectivity index (χ3v) is 17.2. The Morgan fingerprint density at radius 1 is 0.675 bits per heavy atom. The number of carbonyl (C=O) groups excluding carboxylic acids is 1. The van der Waals surface area contributed by atoms with Crippen LogP contribution in [0, 0.1) is 20.2 Å². The quantitative estimate of drug-likeness (QED) is 0.0232. The number of halogens is 3. The van der Waals surface area contributed by atoms with Crippen molar-refractivity contribution in [2.24, 2.45) is 5.73 Å². The Bertz CT molecular complexity index is 3200. The zero-order valence-corrected chi connectivity index (χ0v) is 48.1. The second kappa shape index (κ2) is 31.2. The molecule has 0 radical (unpaired) electrons. The molecule has 5 aromatic rings. The van der Waals surface area contributed by atoms with Crippen molar-refractivity contribution in [2.45, 2.75) is 62.2 Å². The Labute approximate surface area is 481 Å². The van der Waals surface area contributed by atoms with Gasteiger partial charge in [-0.2, -0.15) is 21.8 Å². The summed E-state index contributed by atoms with van der Waals surface area (Å²) in [6.07, 6.45) is -4.52. The van der Waals surface area contributed by atoms with Gasteiger partial charge in [-0.25, -0.2) is 16.8 Å². The normalized spacial score (nSPS) is 14.1. The maximum Gasteiger partial charge on any atom is 0.417 e. The van der Waals surface area contributed by atoms with E-state index in [9.17, 15) is 46.6 Å². The highest BCUT2D eigenvalue weighted by Gasteiger charge is 2.40. The maximum atomic E-state index is 15.3. The molecule has 1 atom stereocenters. The number of nitro groups is 2. The Morgan fingerprint density at radius 3 is 1.81 bits per heavy atom. The van der Waals surface area contributed by atoms with E-state index in [0.29, 0.717) is 74.1 Å². The van der Waals surface area contributed by atoms with Gasteiger partial charge in [-0.1, -0.05) is 55.5 Å². The molecule has 0 spiro atoms. The van der Waals surface area contributed by atoms with E-state index < -0.39 is 99.9 Å². The maximum absolute atomic E-state index is 15.3. The van der Waals surface area contributed by atoms with Crippen LogP contribution < -0.4 is 20.1 Å². The minimum atomic E-state index is -4.98.